The highest BCUT2D eigenvalue weighted by Crippen LogP contribution is 2.23. The van der Waals surface area contributed by atoms with Crippen LogP contribution in [0.5, 0.6) is 5.75 Å². The molecule has 0 saturated carbocycles. The van der Waals surface area contributed by atoms with Gasteiger partial charge in [0.2, 0.25) is 0 Å². The quantitative estimate of drug-likeness (QED) is 0.846. The van der Waals surface area contributed by atoms with E-state index in [1.54, 1.807) is 0 Å². The molecule has 1 aromatic heterocycles. The maximum Gasteiger partial charge on any atom is 0.573 e. The molecule has 9 heteroatoms. The number of nitrogens with one attached hydrogen (secondary N) is 1. The van der Waals surface area contributed by atoms with Crippen LogP contribution < -0.4 is 10.1 Å². The molecule has 0 radical (unpaired) electrons. The molecule has 3 rings (SSSR count). The number of carbonyl (C=O) groups excluding carboxylic acids is 1. The van der Waals surface area contributed by atoms with Crippen molar-refractivity contribution in [2.24, 2.45) is 5.92 Å². The lowest BCUT2D eigenvalue weighted by atomic mass is 10.1. The van der Waals surface area contributed by atoms with Crippen molar-refractivity contribution in [2.45, 2.75) is 19.2 Å². The van der Waals surface area contributed by atoms with E-state index < -0.39 is 6.36 Å². The Morgan fingerprint density at radius 2 is 2.08 bits per heavy atom. The molecule has 140 valence electrons. The zero-order chi connectivity index (χ0) is 18.6. The first-order chi connectivity index (χ1) is 12.4. The number of alkyl halides is 3. The Morgan fingerprint density at radius 3 is 2.73 bits per heavy atom. The second-order valence-electron chi connectivity index (χ2n) is 5.99. The molecule has 0 aliphatic carbocycles. The van der Waals surface area contributed by atoms with E-state index in [9.17, 15) is 18.0 Å². The minimum Gasteiger partial charge on any atom is -0.406 e. The van der Waals surface area contributed by atoms with Gasteiger partial charge >= 0.3 is 6.36 Å². The molecule has 0 bridgehead atoms. The van der Waals surface area contributed by atoms with Crippen molar-refractivity contribution in [1.82, 2.24) is 10.5 Å². The van der Waals surface area contributed by atoms with Crippen LogP contribution in [0, 0.1) is 5.92 Å². The molecule has 1 aromatic carbocycles. The van der Waals surface area contributed by atoms with Gasteiger partial charge in [-0.25, -0.2) is 0 Å². The van der Waals surface area contributed by atoms with Gasteiger partial charge in [-0.3, -0.25) is 4.79 Å². The van der Waals surface area contributed by atoms with Gasteiger partial charge in [0.05, 0.1) is 6.61 Å². The van der Waals surface area contributed by atoms with Gasteiger partial charge in [-0.05, 0) is 24.1 Å². The summed E-state index contributed by atoms with van der Waals surface area (Å²) in [7, 11) is 0. The summed E-state index contributed by atoms with van der Waals surface area (Å²) < 4.78 is 50.6. The minimum atomic E-state index is -4.72. The molecule has 1 N–H and O–H groups in total. The van der Waals surface area contributed by atoms with Gasteiger partial charge in [0, 0.05) is 31.6 Å². The van der Waals surface area contributed by atoms with Gasteiger partial charge in [-0.1, -0.05) is 17.3 Å². The third-order valence-electron chi connectivity index (χ3n) is 3.90. The fourth-order valence-corrected chi connectivity index (χ4v) is 2.59. The zero-order valence-electron chi connectivity index (χ0n) is 13.7. The maximum atomic E-state index is 12.1. The van der Waals surface area contributed by atoms with Crippen LogP contribution in [0.1, 0.15) is 28.2 Å². The number of rotatable bonds is 6. The standard InChI is InChI=1S/C17H17F3N2O4/c18-17(19,20)25-13-3-1-11(2-4-13)7-14-8-15(22-26-14)16(23)21-9-12-5-6-24-10-12/h1-4,8,12H,5-7,9-10H2,(H,21,23). The summed E-state index contributed by atoms with van der Waals surface area (Å²) in [5.74, 6) is 0.113. The summed E-state index contributed by atoms with van der Waals surface area (Å²) in [6, 6.07) is 6.93. The Bertz CT molecular complexity index is 737. The first-order valence-corrected chi connectivity index (χ1v) is 8.05. The predicted octanol–water partition coefficient (Wildman–Crippen LogP) is 2.93. The number of amides is 1. The molecule has 2 aromatic rings. The van der Waals surface area contributed by atoms with E-state index in [4.69, 9.17) is 9.26 Å². The number of halogens is 3. The molecule has 1 atom stereocenters. The molecule has 1 fully saturated rings. The first kappa shape index (κ1) is 18.2. The number of ether oxygens (including phenoxy) is 2. The third kappa shape index (κ3) is 5.22. The summed E-state index contributed by atoms with van der Waals surface area (Å²) in [6.07, 6.45) is -3.51. The molecule has 2 heterocycles. The first-order valence-electron chi connectivity index (χ1n) is 8.05. The van der Waals surface area contributed by atoms with Crippen LogP contribution >= 0.6 is 0 Å². The molecule has 1 unspecified atom stereocenters. The van der Waals surface area contributed by atoms with Crippen LogP contribution in [0.2, 0.25) is 0 Å². The maximum absolute atomic E-state index is 12.1. The lowest BCUT2D eigenvalue weighted by Gasteiger charge is -2.08. The number of hydrogen-bond acceptors (Lipinski definition) is 5. The van der Waals surface area contributed by atoms with Crippen molar-refractivity contribution in [3.8, 4) is 5.75 Å². The van der Waals surface area contributed by atoms with Crippen molar-refractivity contribution in [3.05, 3.63) is 47.3 Å². The van der Waals surface area contributed by atoms with Crippen molar-refractivity contribution in [3.63, 3.8) is 0 Å². The highest BCUT2D eigenvalue weighted by atomic mass is 19.4. The molecule has 1 amide bonds. The van der Waals surface area contributed by atoms with Gasteiger partial charge in [-0.15, -0.1) is 13.2 Å². The average molecular weight is 370 g/mol. The summed E-state index contributed by atoms with van der Waals surface area (Å²) >= 11 is 0. The van der Waals surface area contributed by atoms with Crippen LogP contribution in [0.25, 0.3) is 0 Å². The van der Waals surface area contributed by atoms with E-state index in [-0.39, 0.29) is 17.4 Å². The number of benzene rings is 1. The third-order valence-corrected chi connectivity index (χ3v) is 3.90. The second-order valence-corrected chi connectivity index (χ2v) is 5.99. The summed E-state index contributed by atoms with van der Waals surface area (Å²) in [5.41, 5.74) is 0.863. The SMILES string of the molecule is O=C(NCC1CCOC1)c1cc(Cc2ccc(OC(F)(F)F)cc2)on1. The zero-order valence-corrected chi connectivity index (χ0v) is 13.7. The summed E-state index contributed by atoms with van der Waals surface area (Å²) in [5, 5.41) is 6.51. The van der Waals surface area contributed by atoms with E-state index in [1.807, 2.05) is 0 Å². The Morgan fingerprint density at radius 1 is 1.31 bits per heavy atom. The van der Waals surface area contributed by atoms with Crippen LogP contribution in [-0.4, -0.2) is 37.2 Å². The van der Waals surface area contributed by atoms with E-state index in [0.717, 1.165) is 6.42 Å². The Balaban J connectivity index is 1.53. The lowest BCUT2D eigenvalue weighted by molar-refractivity contribution is -0.274. The highest BCUT2D eigenvalue weighted by Gasteiger charge is 2.31. The molecule has 26 heavy (non-hydrogen) atoms. The van der Waals surface area contributed by atoms with E-state index >= 15 is 0 Å². The number of nitrogens with zero attached hydrogens (tertiary/aromatic N) is 1. The van der Waals surface area contributed by atoms with Crippen molar-refractivity contribution < 1.29 is 32.0 Å². The summed E-state index contributed by atoms with van der Waals surface area (Å²) in [4.78, 5) is 12.0. The molecule has 1 saturated heterocycles. The summed E-state index contributed by atoms with van der Waals surface area (Å²) in [6.45, 7) is 1.86. The van der Waals surface area contributed by atoms with Gasteiger partial charge < -0.3 is 19.3 Å². The smallest absolute Gasteiger partial charge is 0.406 e. The van der Waals surface area contributed by atoms with Gasteiger partial charge in [0.1, 0.15) is 11.5 Å². The number of carbonyl (C=O) groups is 1. The highest BCUT2D eigenvalue weighted by molar-refractivity contribution is 5.92. The molecule has 1 aliphatic rings. The lowest BCUT2D eigenvalue weighted by Crippen LogP contribution is -2.29. The van der Waals surface area contributed by atoms with Crippen LogP contribution in [0.4, 0.5) is 13.2 Å². The van der Waals surface area contributed by atoms with Crippen molar-refractivity contribution in [1.29, 1.82) is 0 Å². The molecular weight excluding hydrogens is 353 g/mol. The number of aromatic nitrogens is 1. The van der Waals surface area contributed by atoms with Gasteiger partial charge in [0.15, 0.2) is 5.69 Å². The monoisotopic (exact) mass is 370 g/mol. The van der Waals surface area contributed by atoms with Gasteiger partial charge in [0.25, 0.3) is 5.91 Å². The average Bonchev–Trinajstić information content (AvgIpc) is 3.25. The fraction of sp³-hybridized carbons (Fsp3) is 0.412. The Hall–Kier alpha value is -2.55. The second kappa shape index (κ2) is 7.77. The van der Waals surface area contributed by atoms with E-state index in [2.05, 4.69) is 15.2 Å². The molecule has 6 nitrogen and oxygen atoms in total. The van der Waals surface area contributed by atoms with E-state index in [1.165, 1.54) is 30.3 Å². The molecular formula is C17H17F3N2O4. The van der Waals surface area contributed by atoms with Crippen molar-refractivity contribution >= 4 is 5.91 Å². The molecule has 0 spiro atoms. The van der Waals surface area contributed by atoms with Crippen molar-refractivity contribution in [2.75, 3.05) is 19.8 Å². The Labute approximate surface area is 147 Å². The minimum absolute atomic E-state index is 0.163. The predicted molar refractivity (Wildman–Crippen MR) is 83.7 cm³/mol. The largest absolute Gasteiger partial charge is 0.573 e. The van der Waals surface area contributed by atoms with Crippen LogP contribution in [0.3, 0.4) is 0 Å². The normalized spacial score (nSPS) is 17.3. The number of hydrogen-bond donors (Lipinski definition) is 1. The topological polar surface area (TPSA) is 73.6 Å². The van der Waals surface area contributed by atoms with Crippen LogP contribution in [0.15, 0.2) is 34.9 Å². The van der Waals surface area contributed by atoms with Gasteiger partial charge in [-0.2, -0.15) is 0 Å². The van der Waals surface area contributed by atoms with E-state index in [0.29, 0.717) is 43.4 Å². The van der Waals surface area contributed by atoms with Crippen LogP contribution in [-0.2, 0) is 11.2 Å². The fourth-order valence-electron chi connectivity index (χ4n) is 2.59. The molecule has 1 aliphatic heterocycles. The Kier molecular flexibility index (Phi) is 5.46.